The molecule has 2 rings (SSSR count). The first kappa shape index (κ1) is 23.0. The van der Waals surface area contributed by atoms with Crippen LogP contribution >= 0.6 is 15.2 Å². The number of benzene rings is 1. The van der Waals surface area contributed by atoms with Crippen molar-refractivity contribution in [1.82, 2.24) is 4.98 Å². The van der Waals surface area contributed by atoms with Crippen LogP contribution in [0.4, 0.5) is 0 Å². The van der Waals surface area contributed by atoms with Crippen LogP contribution in [0.25, 0.3) is 0 Å². The Bertz CT molecular complexity index is 841. The van der Waals surface area contributed by atoms with Gasteiger partial charge in [0, 0.05) is 12.4 Å². The lowest BCUT2D eigenvalue weighted by Crippen LogP contribution is -2.10. The third-order valence-corrected chi connectivity index (χ3v) is 7.92. The number of rotatable bonds is 10. The van der Waals surface area contributed by atoms with Gasteiger partial charge in [0.15, 0.2) is 0 Å². The van der Waals surface area contributed by atoms with Crippen LogP contribution in [0.1, 0.15) is 37.5 Å². The summed E-state index contributed by atoms with van der Waals surface area (Å²) in [6, 6.07) is 10.7. The lowest BCUT2D eigenvalue weighted by atomic mass is 10.1. The van der Waals surface area contributed by atoms with Crippen molar-refractivity contribution in [3.63, 3.8) is 0 Å². The van der Waals surface area contributed by atoms with Gasteiger partial charge in [-0.25, -0.2) is 0 Å². The summed E-state index contributed by atoms with van der Waals surface area (Å²) in [6.07, 6.45) is 3.59. The Morgan fingerprint density at radius 2 is 1.46 bits per heavy atom. The van der Waals surface area contributed by atoms with Crippen molar-refractivity contribution in [2.75, 3.05) is 0 Å². The molecule has 0 saturated carbocycles. The van der Waals surface area contributed by atoms with Crippen molar-refractivity contribution in [3.8, 4) is 0 Å². The molecule has 0 fully saturated rings. The van der Waals surface area contributed by atoms with Crippen LogP contribution in [-0.2, 0) is 37.8 Å². The molecule has 0 amide bonds. The van der Waals surface area contributed by atoms with E-state index in [0.29, 0.717) is 6.42 Å². The van der Waals surface area contributed by atoms with Crippen molar-refractivity contribution in [3.05, 3.63) is 65.5 Å². The minimum atomic E-state index is -3.79. The normalized spacial score (nSPS) is 17.1. The molecular weight excluding hydrogens is 400 g/mol. The molecule has 2 aromatic rings. The van der Waals surface area contributed by atoms with Crippen LogP contribution in [0.2, 0.25) is 0 Å². The van der Waals surface area contributed by atoms with Gasteiger partial charge in [-0.05, 0) is 29.2 Å². The van der Waals surface area contributed by atoms with Gasteiger partial charge < -0.3 is 18.8 Å². The van der Waals surface area contributed by atoms with Crippen molar-refractivity contribution < 1.29 is 28.0 Å². The lowest BCUT2D eigenvalue weighted by Gasteiger charge is -2.19. The highest BCUT2D eigenvalue weighted by molar-refractivity contribution is 7.53. The highest BCUT2D eigenvalue weighted by atomic mass is 31.2. The molecule has 0 aliphatic rings. The third-order valence-electron chi connectivity index (χ3n) is 4.32. The fourth-order valence-corrected chi connectivity index (χ4v) is 3.98. The monoisotopic (exact) mass is 427 g/mol. The topological polar surface area (TPSA) is 106 Å². The molecule has 1 heterocycles. The van der Waals surface area contributed by atoms with Gasteiger partial charge in [-0.2, -0.15) is 0 Å². The van der Waals surface area contributed by atoms with E-state index in [4.69, 9.17) is 9.05 Å². The molecule has 0 saturated heterocycles. The summed E-state index contributed by atoms with van der Waals surface area (Å²) in [5.74, 6) is 0. The third kappa shape index (κ3) is 6.93. The summed E-state index contributed by atoms with van der Waals surface area (Å²) >= 11 is 0. The Hall–Kier alpha value is -1.33. The maximum absolute atomic E-state index is 12.5. The number of hydrogen-bond donors (Lipinski definition) is 2. The van der Waals surface area contributed by atoms with E-state index in [-0.39, 0.29) is 13.2 Å². The van der Waals surface area contributed by atoms with E-state index >= 15 is 0 Å². The van der Waals surface area contributed by atoms with Gasteiger partial charge in [0.05, 0.1) is 24.5 Å². The Morgan fingerprint density at radius 3 is 2.04 bits per heavy atom. The largest absolute Gasteiger partial charge is 0.331 e. The standard InChI is InChI=1S/C19H27NO6P2/c1-15(2)27(21,22)25-13-18-8-6-17(7-9-18)11-16(3)28(23,24)26-14-19-5-4-10-20-12-19/h4-10,12,15-16H,11,13-14H2,1-3H3,(H,21,22)(H,23,24). The summed E-state index contributed by atoms with van der Waals surface area (Å²) in [4.78, 5) is 23.9. The minimum Gasteiger partial charge on any atom is -0.324 e. The van der Waals surface area contributed by atoms with Gasteiger partial charge in [0.1, 0.15) is 0 Å². The maximum atomic E-state index is 12.5. The number of aromatic nitrogens is 1. The van der Waals surface area contributed by atoms with Crippen molar-refractivity contribution in [2.24, 2.45) is 0 Å². The van der Waals surface area contributed by atoms with E-state index in [1.807, 2.05) is 12.1 Å². The Balaban J connectivity index is 1.89. The molecule has 0 bridgehead atoms. The van der Waals surface area contributed by atoms with Crippen molar-refractivity contribution in [2.45, 2.75) is 51.7 Å². The summed E-state index contributed by atoms with van der Waals surface area (Å²) < 4.78 is 34.7. The van der Waals surface area contributed by atoms with Crippen molar-refractivity contribution in [1.29, 1.82) is 0 Å². The molecule has 7 nitrogen and oxygen atoms in total. The van der Waals surface area contributed by atoms with Crippen LogP contribution < -0.4 is 0 Å². The summed E-state index contributed by atoms with van der Waals surface area (Å²) in [5, 5.41) is 0. The highest BCUT2D eigenvalue weighted by Gasteiger charge is 2.29. The zero-order valence-electron chi connectivity index (χ0n) is 16.3. The van der Waals surface area contributed by atoms with Crippen LogP contribution in [0.15, 0.2) is 48.8 Å². The van der Waals surface area contributed by atoms with Gasteiger partial charge in [0.2, 0.25) is 0 Å². The quantitative estimate of drug-likeness (QED) is 0.537. The molecule has 0 aliphatic heterocycles. The smallest absolute Gasteiger partial charge is 0.324 e. The first-order valence-electron chi connectivity index (χ1n) is 9.01. The molecule has 9 heteroatoms. The Labute approximate surface area is 165 Å². The van der Waals surface area contributed by atoms with E-state index < -0.39 is 26.5 Å². The van der Waals surface area contributed by atoms with E-state index in [1.54, 1.807) is 57.4 Å². The molecule has 0 spiro atoms. The van der Waals surface area contributed by atoms with Gasteiger partial charge in [-0.1, -0.05) is 51.1 Å². The molecule has 3 atom stereocenters. The van der Waals surface area contributed by atoms with E-state index in [1.165, 1.54) is 0 Å². The minimum absolute atomic E-state index is 0.0271. The van der Waals surface area contributed by atoms with E-state index in [2.05, 4.69) is 4.98 Å². The number of nitrogens with zero attached hydrogens (tertiary/aromatic N) is 1. The molecule has 0 aliphatic carbocycles. The number of hydrogen-bond acceptors (Lipinski definition) is 5. The lowest BCUT2D eigenvalue weighted by molar-refractivity contribution is 0.242. The summed E-state index contributed by atoms with van der Waals surface area (Å²) in [7, 11) is -7.41. The van der Waals surface area contributed by atoms with Gasteiger partial charge in [-0.15, -0.1) is 0 Å². The molecule has 1 aromatic carbocycles. The zero-order valence-corrected chi connectivity index (χ0v) is 18.1. The van der Waals surface area contributed by atoms with Crippen LogP contribution in [0.3, 0.4) is 0 Å². The van der Waals surface area contributed by atoms with Gasteiger partial charge in [-0.3, -0.25) is 14.1 Å². The second-order valence-electron chi connectivity index (χ2n) is 7.00. The average molecular weight is 427 g/mol. The molecule has 3 unspecified atom stereocenters. The summed E-state index contributed by atoms with van der Waals surface area (Å²) in [5.41, 5.74) is 1.32. The maximum Gasteiger partial charge on any atom is 0.331 e. The average Bonchev–Trinajstić information content (AvgIpc) is 2.66. The highest BCUT2D eigenvalue weighted by Crippen LogP contribution is 2.49. The SMILES string of the molecule is CC(C)P(=O)(O)OCc1ccc(CC(C)P(=O)(O)OCc2cccnc2)cc1. The predicted molar refractivity (Wildman–Crippen MR) is 108 cm³/mol. The molecule has 154 valence electrons. The second kappa shape index (κ2) is 9.93. The zero-order chi connectivity index (χ0) is 20.8. The second-order valence-corrected chi connectivity index (χ2v) is 11.7. The van der Waals surface area contributed by atoms with E-state index in [0.717, 1.165) is 16.7 Å². The molecular formula is C19H27NO6P2. The van der Waals surface area contributed by atoms with Crippen LogP contribution in [-0.4, -0.2) is 26.1 Å². The number of pyridine rings is 1. The predicted octanol–water partition coefficient (Wildman–Crippen LogP) is 4.53. The molecule has 28 heavy (non-hydrogen) atoms. The van der Waals surface area contributed by atoms with E-state index in [9.17, 15) is 18.9 Å². The fourth-order valence-electron chi connectivity index (χ4n) is 2.32. The summed E-state index contributed by atoms with van der Waals surface area (Å²) in [6.45, 7) is 5.00. The first-order valence-corrected chi connectivity index (χ1v) is 12.3. The van der Waals surface area contributed by atoms with Crippen LogP contribution in [0, 0.1) is 0 Å². The Kier molecular flexibility index (Phi) is 8.14. The molecule has 1 aromatic heterocycles. The molecule has 0 radical (unpaired) electrons. The molecule has 2 N–H and O–H groups in total. The fraction of sp³-hybridized carbons (Fsp3) is 0.421. The van der Waals surface area contributed by atoms with Gasteiger partial charge in [0.25, 0.3) is 0 Å². The Morgan fingerprint density at radius 1 is 0.893 bits per heavy atom. The first-order chi connectivity index (χ1) is 13.1. The van der Waals surface area contributed by atoms with Crippen molar-refractivity contribution >= 4 is 15.2 Å². The van der Waals surface area contributed by atoms with Crippen LogP contribution in [0.5, 0.6) is 0 Å². The van der Waals surface area contributed by atoms with Gasteiger partial charge >= 0.3 is 15.2 Å².